The maximum absolute atomic E-state index is 12.7. The monoisotopic (exact) mass is 353 g/mol. The van der Waals surface area contributed by atoms with Crippen LogP contribution in [0.2, 0.25) is 0 Å². The Morgan fingerprint density at radius 1 is 1.15 bits per heavy atom. The van der Waals surface area contributed by atoms with Crippen molar-refractivity contribution in [3.05, 3.63) is 30.1 Å². The van der Waals surface area contributed by atoms with Crippen molar-refractivity contribution in [2.75, 3.05) is 11.9 Å². The zero-order valence-corrected chi connectivity index (χ0v) is 14.9. The second-order valence-electron chi connectivity index (χ2n) is 7.13. The zero-order chi connectivity index (χ0) is 18.1. The van der Waals surface area contributed by atoms with Gasteiger partial charge in [0.05, 0.1) is 0 Å². The molecule has 1 unspecified atom stereocenters. The second-order valence-corrected chi connectivity index (χ2v) is 7.13. The highest BCUT2D eigenvalue weighted by atomic mass is 16.2. The van der Waals surface area contributed by atoms with Gasteiger partial charge in [0.15, 0.2) is 5.82 Å². The van der Waals surface area contributed by atoms with Crippen LogP contribution in [0, 0.1) is 12.8 Å². The minimum atomic E-state index is -0.354. The predicted molar refractivity (Wildman–Crippen MR) is 97.3 cm³/mol. The summed E-state index contributed by atoms with van der Waals surface area (Å²) < 4.78 is 0. The van der Waals surface area contributed by atoms with Crippen LogP contribution in [0.25, 0.3) is 11.4 Å². The first-order valence-electron chi connectivity index (χ1n) is 9.22. The molecular weight excluding hydrogens is 330 g/mol. The molecule has 0 radical (unpaired) electrons. The number of aromatic nitrogens is 3. The van der Waals surface area contributed by atoms with Crippen LogP contribution in [-0.2, 0) is 9.59 Å². The molecule has 1 saturated heterocycles. The number of likely N-dealkylation sites (tertiary alicyclic amines) is 1. The van der Waals surface area contributed by atoms with Crippen molar-refractivity contribution in [2.45, 2.75) is 45.1 Å². The second kappa shape index (κ2) is 6.90. The quantitative estimate of drug-likeness (QED) is 0.883. The van der Waals surface area contributed by atoms with Gasteiger partial charge in [-0.25, -0.2) is 4.98 Å². The summed E-state index contributed by atoms with van der Waals surface area (Å²) in [6.07, 6.45) is 4.62. The van der Waals surface area contributed by atoms with Gasteiger partial charge in [0.2, 0.25) is 11.8 Å². The summed E-state index contributed by atoms with van der Waals surface area (Å²) in [6, 6.07) is 7.09. The number of rotatable bonds is 4. The number of nitrogens with zero attached hydrogens (tertiary/aromatic N) is 3. The Balaban J connectivity index is 1.44. The van der Waals surface area contributed by atoms with Crippen LogP contribution < -0.4 is 5.32 Å². The Labute approximate surface area is 152 Å². The molecule has 2 fully saturated rings. The maximum Gasteiger partial charge on any atom is 0.247 e. The fourth-order valence-electron chi connectivity index (χ4n) is 3.43. The number of hydrogen-bond acceptors (Lipinski definition) is 4. The Kier molecular flexibility index (Phi) is 4.44. The van der Waals surface area contributed by atoms with Crippen LogP contribution in [0.15, 0.2) is 24.3 Å². The lowest BCUT2D eigenvalue weighted by Crippen LogP contribution is -2.50. The van der Waals surface area contributed by atoms with Gasteiger partial charge in [-0.05, 0) is 63.3 Å². The molecule has 2 N–H and O–H groups in total. The molecule has 1 aliphatic heterocycles. The Morgan fingerprint density at radius 3 is 2.58 bits per heavy atom. The molecule has 2 amide bonds. The van der Waals surface area contributed by atoms with Crippen molar-refractivity contribution < 1.29 is 9.59 Å². The molecule has 1 saturated carbocycles. The van der Waals surface area contributed by atoms with Crippen molar-refractivity contribution in [1.29, 1.82) is 0 Å². The van der Waals surface area contributed by atoms with E-state index in [1.807, 2.05) is 31.2 Å². The van der Waals surface area contributed by atoms with E-state index in [0.717, 1.165) is 49.2 Å². The van der Waals surface area contributed by atoms with Crippen molar-refractivity contribution >= 4 is 17.5 Å². The van der Waals surface area contributed by atoms with Gasteiger partial charge in [-0.1, -0.05) is 0 Å². The van der Waals surface area contributed by atoms with Crippen molar-refractivity contribution in [2.24, 2.45) is 5.92 Å². The molecule has 4 rings (SSSR count). The largest absolute Gasteiger partial charge is 0.330 e. The molecule has 26 heavy (non-hydrogen) atoms. The van der Waals surface area contributed by atoms with Gasteiger partial charge in [-0.3, -0.25) is 14.7 Å². The number of aromatic amines is 1. The highest BCUT2D eigenvalue weighted by molar-refractivity contribution is 5.98. The van der Waals surface area contributed by atoms with Crippen LogP contribution in [0.1, 0.15) is 37.9 Å². The Morgan fingerprint density at radius 2 is 1.92 bits per heavy atom. The van der Waals surface area contributed by atoms with Crippen molar-refractivity contribution in [1.82, 2.24) is 20.1 Å². The number of hydrogen-bond donors (Lipinski definition) is 2. The molecule has 1 aliphatic carbocycles. The number of piperidine rings is 1. The molecule has 2 aromatic rings. The minimum Gasteiger partial charge on any atom is -0.330 e. The van der Waals surface area contributed by atoms with E-state index >= 15 is 0 Å². The Hall–Kier alpha value is -2.70. The summed E-state index contributed by atoms with van der Waals surface area (Å²) in [4.78, 5) is 31.3. The average Bonchev–Trinajstić information content (AvgIpc) is 3.43. The molecule has 2 aliphatic rings. The topological polar surface area (TPSA) is 91.0 Å². The SMILES string of the molecule is Cc1nc(-c2ccc(NC(=O)C3CCCCN3C(=O)C3CC3)cc2)n[nH]1. The molecule has 2 heterocycles. The predicted octanol–water partition coefficient (Wildman–Crippen LogP) is 2.51. The summed E-state index contributed by atoms with van der Waals surface area (Å²) in [5, 5.41) is 9.91. The summed E-state index contributed by atoms with van der Waals surface area (Å²) in [5.41, 5.74) is 1.60. The minimum absolute atomic E-state index is 0.0970. The first kappa shape index (κ1) is 16.8. The van der Waals surface area contributed by atoms with Gasteiger partial charge in [0.1, 0.15) is 11.9 Å². The number of aryl methyl sites for hydroxylation is 1. The van der Waals surface area contributed by atoms with Gasteiger partial charge in [-0.15, -0.1) is 0 Å². The number of benzene rings is 1. The summed E-state index contributed by atoms with van der Waals surface area (Å²) in [6.45, 7) is 2.54. The van der Waals surface area contributed by atoms with E-state index < -0.39 is 0 Å². The molecule has 1 atom stereocenters. The average molecular weight is 353 g/mol. The molecule has 0 spiro atoms. The number of H-pyrrole nitrogens is 1. The third-order valence-corrected chi connectivity index (χ3v) is 5.02. The first-order valence-corrected chi connectivity index (χ1v) is 9.22. The van der Waals surface area contributed by atoms with Crippen LogP contribution in [0.4, 0.5) is 5.69 Å². The smallest absolute Gasteiger partial charge is 0.247 e. The lowest BCUT2D eigenvalue weighted by Gasteiger charge is -2.34. The third-order valence-electron chi connectivity index (χ3n) is 5.02. The van der Waals surface area contributed by atoms with Gasteiger partial charge in [0.25, 0.3) is 0 Å². The standard InChI is InChI=1S/C19H23N5O2/c1-12-20-17(23-22-12)13-7-9-15(10-8-13)21-18(25)16-4-2-3-11-24(16)19(26)14-5-6-14/h7-10,14,16H,2-6,11H2,1H3,(H,21,25)(H,20,22,23). The molecule has 136 valence electrons. The van der Waals surface area contributed by atoms with E-state index in [9.17, 15) is 9.59 Å². The van der Waals surface area contributed by atoms with E-state index in [-0.39, 0.29) is 23.8 Å². The highest BCUT2D eigenvalue weighted by Crippen LogP contribution is 2.33. The first-order chi connectivity index (χ1) is 12.6. The Bertz CT molecular complexity index is 810. The van der Waals surface area contributed by atoms with Gasteiger partial charge in [0, 0.05) is 23.7 Å². The highest BCUT2D eigenvalue weighted by Gasteiger charge is 2.39. The van der Waals surface area contributed by atoms with E-state index in [1.54, 1.807) is 4.90 Å². The van der Waals surface area contributed by atoms with E-state index in [2.05, 4.69) is 20.5 Å². The van der Waals surface area contributed by atoms with E-state index in [4.69, 9.17) is 0 Å². The number of anilines is 1. The molecule has 7 heteroatoms. The lowest BCUT2D eigenvalue weighted by molar-refractivity contribution is -0.141. The van der Waals surface area contributed by atoms with E-state index in [1.165, 1.54) is 0 Å². The zero-order valence-electron chi connectivity index (χ0n) is 14.9. The summed E-state index contributed by atoms with van der Waals surface area (Å²) in [5.74, 6) is 1.59. The van der Waals surface area contributed by atoms with Crippen LogP contribution in [0.3, 0.4) is 0 Å². The molecule has 1 aromatic carbocycles. The molecule has 0 bridgehead atoms. The van der Waals surface area contributed by atoms with E-state index in [0.29, 0.717) is 12.4 Å². The molecular formula is C19H23N5O2. The number of carbonyl (C=O) groups is 2. The lowest BCUT2D eigenvalue weighted by atomic mass is 10.0. The van der Waals surface area contributed by atoms with Crippen LogP contribution in [-0.4, -0.2) is 44.5 Å². The summed E-state index contributed by atoms with van der Waals surface area (Å²) >= 11 is 0. The molecule has 1 aromatic heterocycles. The maximum atomic E-state index is 12.7. The van der Waals surface area contributed by atoms with Gasteiger partial charge >= 0.3 is 0 Å². The molecule has 7 nitrogen and oxygen atoms in total. The van der Waals surface area contributed by atoms with Gasteiger partial charge < -0.3 is 10.2 Å². The number of carbonyl (C=O) groups excluding carboxylic acids is 2. The van der Waals surface area contributed by atoms with Crippen molar-refractivity contribution in [3.8, 4) is 11.4 Å². The van der Waals surface area contributed by atoms with Crippen molar-refractivity contribution in [3.63, 3.8) is 0 Å². The van der Waals surface area contributed by atoms with Gasteiger partial charge in [-0.2, -0.15) is 5.10 Å². The van der Waals surface area contributed by atoms with Crippen LogP contribution in [0.5, 0.6) is 0 Å². The normalized spacial score (nSPS) is 20.0. The van der Waals surface area contributed by atoms with Crippen LogP contribution >= 0.6 is 0 Å². The fraction of sp³-hybridized carbons (Fsp3) is 0.474. The third kappa shape index (κ3) is 3.47. The number of amides is 2. The fourth-order valence-corrected chi connectivity index (χ4v) is 3.43. The number of nitrogens with one attached hydrogen (secondary N) is 2. The summed E-state index contributed by atoms with van der Waals surface area (Å²) in [7, 11) is 0.